The second kappa shape index (κ2) is 7.52. The zero-order valence-electron chi connectivity index (χ0n) is 8.93. The van der Waals surface area contributed by atoms with Crippen LogP contribution in [0.1, 0.15) is 12.8 Å². The van der Waals surface area contributed by atoms with Crippen molar-refractivity contribution in [1.82, 2.24) is 10.2 Å². The summed E-state index contributed by atoms with van der Waals surface area (Å²) < 4.78 is 35.9. The van der Waals surface area contributed by atoms with Gasteiger partial charge in [0.1, 0.15) is 6.10 Å². The number of carbonyl (C=O) groups is 1. The Morgan fingerprint density at radius 2 is 2.12 bits per heavy atom. The van der Waals surface area contributed by atoms with Crippen LogP contribution in [0, 0.1) is 0 Å². The average Bonchev–Trinajstić information content (AvgIpc) is 2.24. The van der Waals surface area contributed by atoms with Gasteiger partial charge in [-0.15, -0.1) is 6.58 Å². The van der Waals surface area contributed by atoms with Gasteiger partial charge in [0.25, 0.3) is 5.91 Å². The first-order valence-corrected chi connectivity index (χ1v) is 5.19. The first-order valence-electron chi connectivity index (χ1n) is 4.81. The normalized spacial score (nSPS) is 15.1. The molecule has 100 valence electrons. The fraction of sp³-hybridized carbons (Fsp3) is 0.667. The highest BCUT2D eigenvalue weighted by molar-refractivity contribution is 6.13. The van der Waals surface area contributed by atoms with Crippen LogP contribution in [0.15, 0.2) is 12.7 Å². The maximum Gasteiger partial charge on any atom is 0.389 e. The molecule has 8 heteroatoms. The van der Waals surface area contributed by atoms with Crippen molar-refractivity contribution < 1.29 is 23.1 Å². The molecule has 0 aliphatic carbocycles. The van der Waals surface area contributed by atoms with Gasteiger partial charge in [-0.05, 0) is 18.2 Å². The maximum atomic E-state index is 12.0. The number of hydrogen-bond donors (Lipinski definition) is 3. The summed E-state index contributed by atoms with van der Waals surface area (Å²) in [6, 6.07) is -1.16. The molecule has 17 heavy (non-hydrogen) atoms. The SMILES string of the molecule is C=CCNC(=O)C(O)C(CCC(F)(F)F)NCl. The zero-order chi connectivity index (χ0) is 13.5. The Labute approximate surface area is 102 Å². The van der Waals surface area contributed by atoms with Gasteiger partial charge < -0.3 is 10.4 Å². The highest BCUT2D eigenvalue weighted by Gasteiger charge is 2.32. The van der Waals surface area contributed by atoms with Crippen LogP contribution in [-0.2, 0) is 4.79 Å². The molecule has 4 nitrogen and oxygen atoms in total. The lowest BCUT2D eigenvalue weighted by Gasteiger charge is -2.20. The molecule has 3 N–H and O–H groups in total. The van der Waals surface area contributed by atoms with Crippen molar-refractivity contribution in [2.24, 2.45) is 0 Å². The maximum absolute atomic E-state index is 12.0. The molecule has 2 unspecified atom stereocenters. The monoisotopic (exact) mass is 274 g/mol. The number of nitrogens with one attached hydrogen (secondary N) is 2. The van der Waals surface area contributed by atoms with E-state index in [1.54, 1.807) is 0 Å². The van der Waals surface area contributed by atoms with Crippen molar-refractivity contribution in [3.63, 3.8) is 0 Å². The fourth-order valence-corrected chi connectivity index (χ4v) is 1.28. The van der Waals surface area contributed by atoms with Crippen molar-refractivity contribution in [2.45, 2.75) is 31.2 Å². The third-order valence-corrected chi connectivity index (χ3v) is 2.23. The number of aliphatic hydroxyl groups is 1. The lowest BCUT2D eigenvalue weighted by Crippen LogP contribution is -2.46. The summed E-state index contributed by atoms with van der Waals surface area (Å²) in [5, 5.41) is 11.7. The van der Waals surface area contributed by atoms with E-state index in [0.29, 0.717) is 0 Å². The largest absolute Gasteiger partial charge is 0.389 e. The van der Waals surface area contributed by atoms with Crippen LogP contribution < -0.4 is 10.2 Å². The molecule has 0 aromatic carbocycles. The van der Waals surface area contributed by atoms with E-state index in [0.717, 1.165) is 0 Å². The van der Waals surface area contributed by atoms with Crippen molar-refractivity contribution in [3.8, 4) is 0 Å². The molecule has 0 radical (unpaired) electrons. The van der Waals surface area contributed by atoms with Crippen molar-refractivity contribution >= 4 is 17.7 Å². The second-order valence-electron chi connectivity index (χ2n) is 3.35. The Bertz CT molecular complexity index is 261. The van der Waals surface area contributed by atoms with Crippen LogP contribution in [0.2, 0.25) is 0 Å². The third-order valence-electron chi connectivity index (χ3n) is 1.95. The zero-order valence-corrected chi connectivity index (χ0v) is 9.68. The van der Waals surface area contributed by atoms with Gasteiger partial charge >= 0.3 is 6.18 Å². The van der Waals surface area contributed by atoms with Crippen molar-refractivity contribution in [1.29, 1.82) is 0 Å². The summed E-state index contributed by atoms with van der Waals surface area (Å²) in [4.78, 5) is 13.2. The predicted octanol–water partition coefficient (Wildman–Crippen LogP) is 1.10. The quantitative estimate of drug-likeness (QED) is 0.481. The number of aliphatic hydroxyl groups excluding tert-OH is 1. The van der Waals surface area contributed by atoms with Crippen LogP contribution in [0.4, 0.5) is 13.2 Å². The van der Waals surface area contributed by atoms with E-state index in [9.17, 15) is 23.1 Å². The average molecular weight is 275 g/mol. The van der Waals surface area contributed by atoms with E-state index in [1.165, 1.54) is 6.08 Å². The first-order chi connectivity index (χ1) is 7.81. The van der Waals surface area contributed by atoms with E-state index in [2.05, 4.69) is 11.9 Å². The van der Waals surface area contributed by atoms with Crippen LogP contribution in [0.25, 0.3) is 0 Å². The number of hydrogen-bond acceptors (Lipinski definition) is 3. The minimum atomic E-state index is -4.36. The molecule has 0 aromatic rings. The van der Waals surface area contributed by atoms with Gasteiger partial charge in [-0.25, -0.2) is 4.84 Å². The van der Waals surface area contributed by atoms with E-state index in [-0.39, 0.29) is 6.54 Å². The van der Waals surface area contributed by atoms with Crippen LogP contribution >= 0.6 is 11.8 Å². The lowest BCUT2D eigenvalue weighted by atomic mass is 10.1. The minimum Gasteiger partial charge on any atom is -0.382 e. The fourth-order valence-electron chi connectivity index (χ4n) is 1.05. The molecule has 0 bridgehead atoms. The number of rotatable bonds is 7. The van der Waals surface area contributed by atoms with Gasteiger partial charge in [-0.1, -0.05) is 6.08 Å². The van der Waals surface area contributed by atoms with E-state index in [1.807, 2.05) is 4.84 Å². The lowest BCUT2D eigenvalue weighted by molar-refractivity contribution is -0.141. The van der Waals surface area contributed by atoms with E-state index >= 15 is 0 Å². The number of halogens is 4. The van der Waals surface area contributed by atoms with Gasteiger partial charge in [0, 0.05) is 13.0 Å². The highest BCUT2D eigenvalue weighted by atomic mass is 35.5. The number of alkyl halides is 3. The number of carbonyl (C=O) groups excluding carboxylic acids is 1. The summed E-state index contributed by atoms with van der Waals surface area (Å²) in [6.45, 7) is 3.45. The van der Waals surface area contributed by atoms with Crippen molar-refractivity contribution in [2.75, 3.05) is 6.54 Å². The van der Waals surface area contributed by atoms with Gasteiger partial charge in [-0.3, -0.25) is 4.79 Å². The Kier molecular flexibility index (Phi) is 7.17. The summed E-state index contributed by atoms with van der Waals surface area (Å²) in [6.07, 6.45) is -6.25. The summed E-state index contributed by atoms with van der Waals surface area (Å²) >= 11 is 5.19. The van der Waals surface area contributed by atoms with E-state index in [4.69, 9.17) is 11.8 Å². The molecule has 1 amide bonds. The summed E-state index contributed by atoms with van der Waals surface area (Å²) in [5.74, 6) is -0.801. The molecule has 0 fully saturated rings. The Balaban J connectivity index is 4.24. The molecule has 2 atom stereocenters. The standard InChI is InChI=1S/C9H14ClF3N2O2/c1-2-5-14-8(17)7(16)6(15-10)3-4-9(11,12)13/h2,6-7,15-16H,1,3-5H2,(H,14,17). The molecule has 0 aliphatic heterocycles. The van der Waals surface area contributed by atoms with Crippen LogP contribution in [0.5, 0.6) is 0 Å². The molecule has 0 heterocycles. The highest BCUT2D eigenvalue weighted by Crippen LogP contribution is 2.23. The smallest absolute Gasteiger partial charge is 0.382 e. The molecule has 0 saturated carbocycles. The topological polar surface area (TPSA) is 61.4 Å². The molecular formula is C9H14ClF3N2O2. The minimum absolute atomic E-state index is 0.115. The molecule has 0 aliphatic rings. The Hall–Kier alpha value is -0.790. The van der Waals surface area contributed by atoms with Gasteiger partial charge in [0.15, 0.2) is 0 Å². The molecular weight excluding hydrogens is 261 g/mol. The summed E-state index contributed by atoms with van der Waals surface area (Å²) in [7, 11) is 0. The molecule has 0 rings (SSSR count). The van der Waals surface area contributed by atoms with Crippen LogP contribution in [0.3, 0.4) is 0 Å². The molecule has 0 aromatic heterocycles. The Morgan fingerprint density at radius 1 is 1.53 bits per heavy atom. The predicted molar refractivity (Wildman–Crippen MR) is 57.3 cm³/mol. The Morgan fingerprint density at radius 3 is 2.53 bits per heavy atom. The number of amides is 1. The van der Waals surface area contributed by atoms with Crippen LogP contribution in [-0.4, -0.2) is 35.9 Å². The second-order valence-corrected chi connectivity index (χ2v) is 3.57. The first kappa shape index (κ1) is 16.2. The van der Waals surface area contributed by atoms with Crippen molar-refractivity contribution in [3.05, 3.63) is 12.7 Å². The van der Waals surface area contributed by atoms with Gasteiger partial charge in [0.05, 0.1) is 6.04 Å². The van der Waals surface area contributed by atoms with Gasteiger partial charge in [-0.2, -0.15) is 13.2 Å². The third kappa shape index (κ3) is 7.19. The summed E-state index contributed by atoms with van der Waals surface area (Å²) in [5.41, 5.74) is 0. The van der Waals surface area contributed by atoms with Gasteiger partial charge in [0.2, 0.25) is 0 Å². The molecule has 0 saturated heterocycles. The molecule has 0 spiro atoms. The van der Waals surface area contributed by atoms with E-state index < -0.39 is 37.1 Å².